The zero-order valence-electron chi connectivity index (χ0n) is 13.3. The number of fused-ring (bicyclic) bond motifs is 1. The van der Waals surface area contributed by atoms with E-state index in [-0.39, 0.29) is 6.54 Å². The number of aromatic nitrogens is 1. The second-order valence-corrected chi connectivity index (χ2v) is 7.93. The number of rotatable bonds is 4. The summed E-state index contributed by atoms with van der Waals surface area (Å²) in [5, 5.41) is 3.13. The monoisotopic (exact) mass is 381 g/mol. The van der Waals surface area contributed by atoms with E-state index in [0.717, 1.165) is 16.1 Å². The van der Waals surface area contributed by atoms with Gasteiger partial charge >= 0.3 is 0 Å². The molecule has 132 valence electrons. The summed E-state index contributed by atoms with van der Waals surface area (Å²) in [5.41, 5.74) is 1.21. The third-order valence-electron chi connectivity index (χ3n) is 3.70. The fraction of sp³-hybridized carbons (Fsp3) is 0.250. The van der Waals surface area contributed by atoms with Gasteiger partial charge in [-0.3, -0.25) is 14.1 Å². The van der Waals surface area contributed by atoms with Crippen molar-refractivity contribution >= 4 is 33.2 Å². The molecular formula is C16H16ClN3O4S. The summed E-state index contributed by atoms with van der Waals surface area (Å²) in [4.78, 5) is 16.3. The smallest absolute Gasteiger partial charge is 0.263 e. The summed E-state index contributed by atoms with van der Waals surface area (Å²) >= 11 is 5.95. The summed E-state index contributed by atoms with van der Waals surface area (Å²) in [5.74, 6) is -0.101. The highest BCUT2D eigenvalue weighted by Gasteiger charge is 2.35. The summed E-state index contributed by atoms with van der Waals surface area (Å²) in [7, 11) is -3.58. The molecule has 1 aromatic heterocycles. The number of carbonyl (C=O) groups excluding carboxylic acids is 1. The van der Waals surface area contributed by atoms with Crippen molar-refractivity contribution in [3.05, 3.63) is 53.3 Å². The molecule has 0 bridgehead atoms. The largest absolute Gasteiger partial charge is 0.476 e. The number of benzene rings is 1. The first-order valence-electron chi connectivity index (χ1n) is 7.45. The minimum absolute atomic E-state index is 0.117. The number of hydrogen-bond acceptors (Lipinski definition) is 5. The zero-order chi connectivity index (χ0) is 18.0. The molecule has 1 atom stereocenters. The van der Waals surface area contributed by atoms with Gasteiger partial charge in [-0.05, 0) is 35.9 Å². The highest BCUT2D eigenvalue weighted by atomic mass is 35.5. The highest BCUT2D eigenvalue weighted by Crippen LogP contribution is 2.37. The number of carbonyl (C=O) groups is 1. The van der Waals surface area contributed by atoms with E-state index in [2.05, 4.69) is 10.3 Å². The van der Waals surface area contributed by atoms with Crippen LogP contribution in [0.5, 0.6) is 5.75 Å². The third-order valence-corrected chi connectivity index (χ3v) is 5.08. The van der Waals surface area contributed by atoms with Gasteiger partial charge in [0.05, 0.1) is 18.5 Å². The molecule has 0 saturated heterocycles. The Morgan fingerprint density at radius 3 is 2.76 bits per heavy atom. The quantitative estimate of drug-likeness (QED) is 0.868. The van der Waals surface area contributed by atoms with Crippen LogP contribution in [0.1, 0.15) is 5.56 Å². The molecule has 9 heteroatoms. The molecule has 0 saturated carbocycles. The van der Waals surface area contributed by atoms with Crippen molar-refractivity contribution in [3.8, 4) is 5.75 Å². The van der Waals surface area contributed by atoms with Crippen LogP contribution in [0.2, 0.25) is 5.02 Å². The Labute approximate surface area is 150 Å². The highest BCUT2D eigenvalue weighted by molar-refractivity contribution is 7.92. The van der Waals surface area contributed by atoms with Crippen LogP contribution in [0.25, 0.3) is 0 Å². The van der Waals surface area contributed by atoms with Gasteiger partial charge in [-0.2, -0.15) is 0 Å². The lowest BCUT2D eigenvalue weighted by molar-refractivity contribution is -0.127. The molecule has 1 amide bonds. The van der Waals surface area contributed by atoms with Crippen molar-refractivity contribution in [2.45, 2.75) is 12.6 Å². The van der Waals surface area contributed by atoms with E-state index in [1.165, 1.54) is 6.07 Å². The van der Waals surface area contributed by atoms with Crippen LogP contribution < -0.4 is 14.4 Å². The van der Waals surface area contributed by atoms with E-state index in [4.69, 9.17) is 16.3 Å². The molecule has 1 aliphatic heterocycles. The van der Waals surface area contributed by atoms with Crippen LogP contribution in [0.3, 0.4) is 0 Å². The second-order valence-electron chi connectivity index (χ2n) is 5.59. The van der Waals surface area contributed by atoms with Crippen LogP contribution in [0.4, 0.5) is 5.69 Å². The van der Waals surface area contributed by atoms with E-state index < -0.39 is 22.0 Å². The number of nitrogens with zero attached hydrogens (tertiary/aromatic N) is 2. The van der Waals surface area contributed by atoms with E-state index in [9.17, 15) is 13.2 Å². The first kappa shape index (κ1) is 17.5. The van der Waals surface area contributed by atoms with Crippen LogP contribution in [-0.4, -0.2) is 38.2 Å². The molecule has 0 fully saturated rings. The van der Waals surface area contributed by atoms with Crippen LogP contribution >= 0.6 is 11.6 Å². The molecule has 0 aliphatic carbocycles. The predicted molar refractivity (Wildman–Crippen MR) is 94.1 cm³/mol. The number of sulfonamides is 1. The molecule has 0 spiro atoms. The number of nitrogens with one attached hydrogen (secondary N) is 1. The molecule has 7 nitrogen and oxygen atoms in total. The van der Waals surface area contributed by atoms with E-state index in [1.807, 2.05) is 0 Å². The molecule has 0 radical (unpaired) electrons. The van der Waals surface area contributed by atoms with Crippen molar-refractivity contribution in [1.29, 1.82) is 0 Å². The fourth-order valence-corrected chi connectivity index (χ4v) is 3.55. The SMILES string of the molecule is CS(=O)(=O)N1C[C@@H](C(=O)NCc2ccncc2)Oc2ccc(Cl)cc21. The maximum atomic E-state index is 12.4. The maximum absolute atomic E-state index is 12.4. The molecular weight excluding hydrogens is 366 g/mol. The molecule has 1 aromatic carbocycles. The number of pyridine rings is 1. The average Bonchev–Trinajstić information content (AvgIpc) is 2.58. The summed E-state index contributed by atoms with van der Waals surface area (Å²) in [6, 6.07) is 8.20. The van der Waals surface area contributed by atoms with Crippen molar-refractivity contribution in [1.82, 2.24) is 10.3 Å². The molecule has 2 heterocycles. The van der Waals surface area contributed by atoms with Crippen LogP contribution in [0, 0.1) is 0 Å². The predicted octanol–water partition coefficient (Wildman–Crippen LogP) is 1.58. The van der Waals surface area contributed by atoms with Gasteiger partial charge in [-0.25, -0.2) is 8.42 Å². The fourth-order valence-electron chi connectivity index (χ4n) is 2.48. The van der Waals surface area contributed by atoms with Crippen molar-refractivity contribution < 1.29 is 17.9 Å². The molecule has 25 heavy (non-hydrogen) atoms. The van der Waals surface area contributed by atoms with Crippen molar-refractivity contribution in [2.75, 3.05) is 17.1 Å². The third kappa shape index (κ3) is 4.02. The summed E-state index contributed by atoms with van der Waals surface area (Å²) in [6.07, 6.45) is 3.38. The topological polar surface area (TPSA) is 88.6 Å². The number of amides is 1. The van der Waals surface area contributed by atoms with E-state index >= 15 is 0 Å². The van der Waals surface area contributed by atoms with Gasteiger partial charge in [0.2, 0.25) is 10.0 Å². The summed E-state index contributed by atoms with van der Waals surface area (Å²) in [6.45, 7) is 0.182. The first-order valence-corrected chi connectivity index (χ1v) is 9.68. The summed E-state index contributed by atoms with van der Waals surface area (Å²) < 4.78 is 31.0. The minimum Gasteiger partial charge on any atom is -0.476 e. The first-order chi connectivity index (χ1) is 11.8. The van der Waals surface area contributed by atoms with Gasteiger partial charge < -0.3 is 10.1 Å². The van der Waals surface area contributed by atoms with Gasteiger partial charge in [0, 0.05) is 24.0 Å². The second kappa shape index (κ2) is 6.89. The standard InChI is InChI=1S/C16H16ClN3O4S/c1-25(22,23)20-10-15(24-14-3-2-12(17)8-13(14)20)16(21)19-9-11-4-6-18-7-5-11/h2-8,15H,9-10H2,1H3,(H,19,21)/t15-/m0/s1. The van der Waals surface area contributed by atoms with E-state index in [0.29, 0.717) is 23.0 Å². The molecule has 1 N–H and O–H groups in total. The molecule has 3 rings (SSSR count). The number of anilines is 1. The molecule has 2 aromatic rings. The molecule has 0 unspecified atom stereocenters. The Morgan fingerprint density at radius 1 is 1.36 bits per heavy atom. The van der Waals surface area contributed by atoms with Gasteiger partial charge in [-0.1, -0.05) is 11.6 Å². The Bertz CT molecular complexity index is 890. The maximum Gasteiger partial charge on any atom is 0.263 e. The Morgan fingerprint density at radius 2 is 2.08 bits per heavy atom. The lowest BCUT2D eigenvalue weighted by Gasteiger charge is -2.34. The normalized spacial score (nSPS) is 16.7. The Hall–Kier alpha value is -2.32. The van der Waals surface area contributed by atoms with E-state index in [1.54, 1.807) is 36.7 Å². The van der Waals surface area contributed by atoms with Gasteiger partial charge in [0.25, 0.3) is 5.91 Å². The number of halogens is 1. The lowest BCUT2D eigenvalue weighted by Crippen LogP contribution is -2.50. The molecule has 1 aliphatic rings. The minimum atomic E-state index is -3.58. The average molecular weight is 382 g/mol. The Balaban J connectivity index is 1.79. The number of hydrogen-bond donors (Lipinski definition) is 1. The van der Waals surface area contributed by atoms with Crippen molar-refractivity contribution in [2.24, 2.45) is 0 Å². The van der Waals surface area contributed by atoms with Gasteiger partial charge in [0.15, 0.2) is 6.10 Å². The number of ether oxygens (including phenoxy) is 1. The zero-order valence-corrected chi connectivity index (χ0v) is 14.9. The van der Waals surface area contributed by atoms with Gasteiger partial charge in [0.1, 0.15) is 5.75 Å². The van der Waals surface area contributed by atoms with Crippen molar-refractivity contribution in [3.63, 3.8) is 0 Å². The van der Waals surface area contributed by atoms with Crippen LogP contribution in [0.15, 0.2) is 42.7 Å². The Kier molecular flexibility index (Phi) is 4.82. The lowest BCUT2D eigenvalue weighted by atomic mass is 10.2. The van der Waals surface area contributed by atoms with Crippen LogP contribution in [-0.2, 0) is 21.4 Å². The van der Waals surface area contributed by atoms with Gasteiger partial charge in [-0.15, -0.1) is 0 Å².